The van der Waals surface area contributed by atoms with Crippen LogP contribution in [-0.2, 0) is 16.0 Å². The Kier molecular flexibility index (Phi) is 5.77. The number of benzene rings is 2. The number of hydrogen-bond acceptors (Lipinski definition) is 5. The molecule has 1 heterocycles. The van der Waals surface area contributed by atoms with E-state index in [4.69, 9.17) is 9.47 Å². The molecule has 8 heteroatoms. The van der Waals surface area contributed by atoms with Crippen LogP contribution in [0.15, 0.2) is 42.5 Å². The van der Waals surface area contributed by atoms with Crippen molar-refractivity contribution in [1.82, 2.24) is 0 Å². The van der Waals surface area contributed by atoms with E-state index in [0.717, 1.165) is 17.7 Å². The molecular weight excluding hydrogens is 372 g/mol. The SMILES string of the molecule is COc1cc(C(=O)OCC(=O)N2c3ccccc3C[C@@H]2C)ccc1OC(F)F. The normalized spacial score (nSPS) is 15.3. The highest BCUT2D eigenvalue weighted by molar-refractivity contribution is 5.99. The number of para-hydroxylation sites is 1. The number of halogens is 2. The fraction of sp³-hybridized carbons (Fsp3) is 0.300. The predicted molar refractivity (Wildman–Crippen MR) is 97.0 cm³/mol. The molecule has 0 unspecified atom stereocenters. The summed E-state index contributed by atoms with van der Waals surface area (Å²) in [5.74, 6) is -1.35. The molecule has 2 aromatic rings. The molecule has 0 aromatic heterocycles. The molecule has 2 aromatic carbocycles. The third kappa shape index (κ3) is 4.05. The van der Waals surface area contributed by atoms with Gasteiger partial charge in [-0.3, -0.25) is 4.79 Å². The monoisotopic (exact) mass is 391 g/mol. The van der Waals surface area contributed by atoms with Gasteiger partial charge in [0.1, 0.15) is 0 Å². The number of carbonyl (C=O) groups excluding carboxylic acids is 2. The summed E-state index contributed by atoms with van der Waals surface area (Å²) in [6.07, 6.45) is 0.735. The molecule has 3 rings (SSSR count). The van der Waals surface area contributed by atoms with Gasteiger partial charge in [0.25, 0.3) is 5.91 Å². The van der Waals surface area contributed by atoms with Crippen molar-refractivity contribution in [3.63, 3.8) is 0 Å². The van der Waals surface area contributed by atoms with Gasteiger partial charge in [0, 0.05) is 11.7 Å². The summed E-state index contributed by atoms with van der Waals surface area (Å²) >= 11 is 0. The Labute approximate surface area is 160 Å². The van der Waals surface area contributed by atoms with Crippen molar-refractivity contribution in [2.75, 3.05) is 18.6 Å². The van der Waals surface area contributed by atoms with E-state index in [1.807, 2.05) is 31.2 Å². The minimum atomic E-state index is -3.02. The van der Waals surface area contributed by atoms with Crippen molar-refractivity contribution in [3.8, 4) is 11.5 Å². The third-order valence-corrected chi connectivity index (χ3v) is 4.42. The van der Waals surface area contributed by atoms with Gasteiger partial charge in [-0.1, -0.05) is 18.2 Å². The van der Waals surface area contributed by atoms with E-state index in [-0.39, 0.29) is 29.0 Å². The Morgan fingerprint density at radius 1 is 1.18 bits per heavy atom. The fourth-order valence-electron chi connectivity index (χ4n) is 3.21. The van der Waals surface area contributed by atoms with Crippen LogP contribution in [0.3, 0.4) is 0 Å². The van der Waals surface area contributed by atoms with Crippen LogP contribution in [0.1, 0.15) is 22.8 Å². The number of hydrogen-bond donors (Lipinski definition) is 0. The molecule has 0 radical (unpaired) electrons. The summed E-state index contributed by atoms with van der Waals surface area (Å²) < 4.78 is 39.1. The summed E-state index contributed by atoms with van der Waals surface area (Å²) in [5, 5.41) is 0. The number of methoxy groups -OCH3 is 1. The molecule has 1 atom stereocenters. The molecular formula is C20H19F2NO5. The molecule has 0 aliphatic carbocycles. The molecule has 1 amide bonds. The minimum absolute atomic E-state index is 0.0329. The van der Waals surface area contributed by atoms with Crippen molar-refractivity contribution in [3.05, 3.63) is 53.6 Å². The second-order valence-corrected chi connectivity index (χ2v) is 6.27. The number of esters is 1. The maximum Gasteiger partial charge on any atom is 0.387 e. The van der Waals surface area contributed by atoms with E-state index in [0.29, 0.717) is 0 Å². The number of carbonyl (C=O) groups is 2. The van der Waals surface area contributed by atoms with Crippen molar-refractivity contribution in [1.29, 1.82) is 0 Å². The fourth-order valence-corrected chi connectivity index (χ4v) is 3.21. The second-order valence-electron chi connectivity index (χ2n) is 6.27. The Morgan fingerprint density at radius 3 is 2.64 bits per heavy atom. The molecule has 148 valence electrons. The molecule has 0 saturated carbocycles. The number of rotatable bonds is 6. The molecule has 0 fully saturated rings. The number of alkyl halides is 2. The number of ether oxygens (including phenoxy) is 3. The van der Waals surface area contributed by atoms with Crippen LogP contribution in [0.5, 0.6) is 11.5 Å². The zero-order valence-electron chi connectivity index (χ0n) is 15.4. The first-order valence-corrected chi connectivity index (χ1v) is 8.60. The predicted octanol–water partition coefficient (Wildman–Crippen LogP) is 3.43. The Balaban J connectivity index is 1.66. The topological polar surface area (TPSA) is 65.1 Å². The maximum atomic E-state index is 12.6. The van der Waals surface area contributed by atoms with Gasteiger partial charge in [-0.05, 0) is 43.2 Å². The molecule has 6 nitrogen and oxygen atoms in total. The summed E-state index contributed by atoms with van der Waals surface area (Å²) in [7, 11) is 1.26. The van der Waals surface area contributed by atoms with Crippen LogP contribution in [0, 0.1) is 0 Å². The third-order valence-electron chi connectivity index (χ3n) is 4.42. The van der Waals surface area contributed by atoms with Gasteiger partial charge < -0.3 is 19.1 Å². The van der Waals surface area contributed by atoms with Gasteiger partial charge in [-0.2, -0.15) is 8.78 Å². The summed E-state index contributed by atoms with van der Waals surface area (Å²) in [6.45, 7) is -1.53. The van der Waals surface area contributed by atoms with E-state index in [1.54, 1.807) is 4.90 Å². The Morgan fingerprint density at radius 2 is 1.93 bits per heavy atom. The molecule has 0 saturated heterocycles. The minimum Gasteiger partial charge on any atom is -0.493 e. The average Bonchev–Trinajstić information content (AvgIpc) is 3.01. The largest absolute Gasteiger partial charge is 0.493 e. The van der Waals surface area contributed by atoms with Crippen LogP contribution in [-0.4, -0.2) is 38.2 Å². The first kappa shape index (κ1) is 19.6. The number of anilines is 1. The Bertz CT molecular complexity index is 887. The van der Waals surface area contributed by atoms with Crippen LogP contribution in [0.25, 0.3) is 0 Å². The lowest BCUT2D eigenvalue weighted by molar-refractivity contribution is -0.122. The van der Waals surface area contributed by atoms with Crippen LogP contribution < -0.4 is 14.4 Å². The molecule has 28 heavy (non-hydrogen) atoms. The van der Waals surface area contributed by atoms with E-state index in [9.17, 15) is 18.4 Å². The van der Waals surface area contributed by atoms with Gasteiger partial charge in [-0.15, -0.1) is 0 Å². The van der Waals surface area contributed by atoms with Gasteiger partial charge in [-0.25, -0.2) is 4.79 Å². The molecule has 1 aliphatic rings. The smallest absolute Gasteiger partial charge is 0.387 e. The van der Waals surface area contributed by atoms with Crippen molar-refractivity contribution in [2.45, 2.75) is 26.0 Å². The van der Waals surface area contributed by atoms with Crippen LogP contribution >= 0.6 is 0 Å². The summed E-state index contributed by atoms with van der Waals surface area (Å²) in [5.41, 5.74) is 1.93. The number of fused-ring (bicyclic) bond motifs is 1. The highest BCUT2D eigenvalue weighted by Gasteiger charge is 2.31. The summed E-state index contributed by atoms with van der Waals surface area (Å²) in [4.78, 5) is 26.4. The van der Waals surface area contributed by atoms with E-state index in [1.165, 1.54) is 25.3 Å². The first-order chi connectivity index (χ1) is 13.4. The van der Waals surface area contributed by atoms with Crippen molar-refractivity contribution >= 4 is 17.6 Å². The van der Waals surface area contributed by atoms with Crippen molar-refractivity contribution in [2.24, 2.45) is 0 Å². The quantitative estimate of drug-likeness (QED) is 0.706. The standard InChI is InChI=1S/C20H19F2NO5/c1-12-9-13-5-3-4-6-15(13)23(12)18(24)11-27-19(25)14-7-8-16(28-20(21)22)17(10-14)26-2/h3-8,10,12,20H,9,11H2,1-2H3/t12-/m0/s1. The van der Waals surface area contributed by atoms with E-state index in [2.05, 4.69) is 4.74 Å². The zero-order chi connectivity index (χ0) is 20.3. The average molecular weight is 391 g/mol. The maximum absolute atomic E-state index is 12.6. The number of nitrogens with zero attached hydrogens (tertiary/aromatic N) is 1. The van der Waals surface area contributed by atoms with Crippen molar-refractivity contribution < 1.29 is 32.6 Å². The van der Waals surface area contributed by atoms with E-state index >= 15 is 0 Å². The highest BCUT2D eigenvalue weighted by atomic mass is 19.3. The molecule has 0 spiro atoms. The van der Waals surface area contributed by atoms with Gasteiger partial charge >= 0.3 is 12.6 Å². The highest BCUT2D eigenvalue weighted by Crippen LogP contribution is 2.32. The first-order valence-electron chi connectivity index (χ1n) is 8.60. The molecule has 0 bridgehead atoms. The van der Waals surface area contributed by atoms with Gasteiger partial charge in [0.05, 0.1) is 12.7 Å². The lowest BCUT2D eigenvalue weighted by Gasteiger charge is -2.22. The Hall–Kier alpha value is -3.16. The molecule has 1 aliphatic heterocycles. The number of amides is 1. The molecule has 0 N–H and O–H groups in total. The van der Waals surface area contributed by atoms with Gasteiger partial charge in [0.2, 0.25) is 0 Å². The second kappa shape index (κ2) is 8.24. The van der Waals surface area contributed by atoms with Crippen LogP contribution in [0.2, 0.25) is 0 Å². The van der Waals surface area contributed by atoms with Crippen LogP contribution in [0.4, 0.5) is 14.5 Å². The zero-order valence-corrected chi connectivity index (χ0v) is 15.4. The summed E-state index contributed by atoms with van der Waals surface area (Å²) in [6, 6.07) is 11.2. The van der Waals surface area contributed by atoms with Gasteiger partial charge in [0.15, 0.2) is 18.1 Å². The lowest BCUT2D eigenvalue weighted by Crippen LogP contribution is -2.38. The lowest BCUT2D eigenvalue weighted by atomic mass is 10.1. The van der Waals surface area contributed by atoms with E-state index < -0.39 is 19.2 Å².